The van der Waals surface area contributed by atoms with Gasteiger partial charge in [-0.25, -0.2) is 4.79 Å². The van der Waals surface area contributed by atoms with E-state index in [1.165, 1.54) is 6.07 Å². The average Bonchev–Trinajstić information content (AvgIpc) is 2.71. The third kappa shape index (κ3) is 2.91. The summed E-state index contributed by atoms with van der Waals surface area (Å²) in [5.74, 6) is -1.01. The lowest BCUT2D eigenvalue weighted by Gasteiger charge is -2.05. The standard InChI is InChI=1S/C14H15N3O4/c1-9-13(14(18)19)10(2)16(15-9)8-7-11-5-3-4-6-12(11)17(20)21/h3-6H,7-8H2,1-2H3,(H,18,19). The maximum atomic E-state index is 11.1. The Balaban J connectivity index is 2.24. The minimum atomic E-state index is -1.01. The van der Waals surface area contributed by atoms with Crippen molar-refractivity contribution in [3.8, 4) is 0 Å². The molecule has 1 N–H and O–H groups in total. The smallest absolute Gasteiger partial charge is 0.339 e. The lowest BCUT2D eigenvalue weighted by Crippen LogP contribution is -2.08. The Hall–Kier alpha value is -2.70. The van der Waals surface area contributed by atoms with Crippen LogP contribution in [0.5, 0.6) is 0 Å². The maximum Gasteiger partial charge on any atom is 0.339 e. The summed E-state index contributed by atoms with van der Waals surface area (Å²) in [4.78, 5) is 21.7. The number of rotatable bonds is 5. The SMILES string of the molecule is Cc1nn(CCc2ccccc2[N+](=O)[O-])c(C)c1C(=O)O. The van der Waals surface area contributed by atoms with Crippen molar-refractivity contribution in [2.75, 3.05) is 0 Å². The predicted molar refractivity (Wildman–Crippen MR) is 75.5 cm³/mol. The Morgan fingerprint density at radius 2 is 2.05 bits per heavy atom. The van der Waals surface area contributed by atoms with Crippen LogP contribution in [0.25, 0.3) is 0 Å². The van der Waals surface area contributed by atoms with E-state index in [-0.39, 0.29) is 11.3 Å². The fourth-order valence-electron chi connectivity index (χ4n) is 2.35. The Bertz CT molecular complexity index is 706. The van der Waals surface area contributed by atoms with Crippen LogP contribution < -0.4 is 0 Å². The van der Waals surface area contributed by atoms with Crippen LogP contribution in [0.2, 0.25) is 0 Å². The molecule has 21 heavy (non-hydrogen) atoms. The summed E-state index contributed by atoms with van der Waals surface area (Å²) in [5.41, 5.74) is 1.86. The van der Waals surface area contributed by atoms with Crippen molar-refractivity contribution in [2.45, 2.75) is 26.8 Å². The molecule has 2 aromatic rings. The molecule has 0 fully saturated rings. The van der Waals surface area contributed by atoms with Crippen LogP contribution in [0.3, 0.4) is 0 Å². The Kier molecular flexibility index (Phi) is 4.02. The molecule has 0 radical (unpaired) electrons. The first-order valence-corrected chi connectivity index (χ1v) is 6.41. The Labute approximate surface area is 121 Å². The molecule has 7 heteroatoms. The molecule has 0 amide bonds. The van der Waals surface area contributed by atoms with Gasteiger partial charge in [-0.05, 0) is 20.3 Å². The molecule has 0 unspecified atom stereocenters. The molecule has 1 aromatic carbocycles. The van der Waals surface area contributed by atoms with E-state index in [9.17, 15) is 14.9 Å². The van der Waals surface area contributed by atoms with Crippen LogP contribution in [-0.4, -0.2) is 25.8 Å². The van der Waals surface area contributed by atoms with E-state index in [2.05, 4.69) is 5.10 Å². The number of hydrogen-bond donors (Lipinski definition) is 1. The number of hydrogen-bond acceptors (Lipinski definition) is 4. The highest BCUT2D eigenvalue weighted by atomic mass is 16.6. The third-order valence-electron chi connectivity index (χ3n) is 3.38. The van der Waals surface area contributed by atoms with Crippen molar-refractivity contribution in [3.63, 3.8) is 0 Å². The molecule has 0 saturated carbocycles. The fraction of sp³-hybridized carbons (Fsp3) is 0.286. The minimum absolute atomic E-state index is 0.0671. The molecule has 1 heterocycles. The number of carbonyl (C=O) groups is 1. The highest BCUT2D eigenvalue weighted by molar-refractivity contribution is 5.90. The van der Waals surface area contributed by atoms with Gasteiger partial charge in [0.15, 0.2) is 0 Å². The van der Waals surface area contributed by atoms with Gasteiger partial charge < -0.3 is 5.11 Å². The van der Waals surface area contributed by atoms with Gasteiger partial charge in [-0.15, -0.1) is 0 Å². The molecule has 1 aromatic heterocycles. The normalized spacial score (nSPS) is 10.6. The summed E-state index contributed by atoms with van der Waals surface area (Å²) in [6.45, 7) is 3.71. The Morgan fingerprint density at radius 1 is 1.38 bits per heavy atom. The van der Waals surface area contributed by atoms with E-state index in [1.54, 1.807) is 36.7 Å². The van der Waals surface area contributed by atoms with Crippen LogP contribution in [-0.2, 0) is 13.0 Å². The van der Waals surface area contributed by atoms with Gasteiger partial charge in [0.2, 0.25) is 0 Å². The Morgan fingerprint density at radius 3 is 2.62 bits per heavy atom. The number of carboxylic acids is 1. The van der Waals surface area contributed by atoms with Gasteiger partial charge in [0.25, 0.3) is 5.69 Å². The monoisotopic (exact) mass is 289 g/mol. The molecule has 2 rings (SSSR count). The van der Waals surface area contributed by atoms with Crippen molar-refractivity contribution < 1.29 is 14.8 Å². The fourth-order valence-corrected chi connectivity index (χ4v) is 2.35. The summed E-state index contributed by atoms with van der Waals surface area (Å²) in [6, 6.07) is 6.51. The lowest BCUT2D eigenvalue weighted by atomic mass is 10.1. The summed E-state index contributed by atoms with van der Waals surface area (Å²) < 4.78 is 1.58. The molecule has 0 aliphatic rings. The van der Waals surface area contributed by atoms with Gasteiger partial charge in [-0.3, -0.25) is 14.8 Å². The van der Waals surface area contributed by atoms with E-state index in [0.29, 0.717) is 29.9 Å². The van der Waals surface area contributed by atoms with Crippen LogP contribution in [0, 0.1) is 24.0 Å². The molecule has 7 nitrogen and oxygen atoms in total. The van der Waals surface area contributed by atoms with Gasteiger partial charge in [0.1, 0.15) is 5.56 Å². The van der Waals surface area contributed by atoms with Crippen molar-refractivity contribution in [1.82, 2.24) is 9.78 Å². The van der Waals surface area contributed by atoms with E-state index < -0.39 is 10.9 Å². The van der Waals surface area contributed by atoms with Crippen molar-refractivity contribution in [1.29, 1.82) is 0 Å². The number of carboxylic acid groups (broad SMARTS) is 1. The van der Waals surface area contributed by atoms with Gasteiger partial charge >= 0.3 is 5.97 Å². The van der Waals surface area contributed by atoms with Gasteiger partial charge in [0, 0.05) is 18.2 Å². The van der Waals surface area contributed by atoms with E-state index in [4.69, 9.17) is 5.11 Å². The highest BCUT2D eigenvalue weighted by Crippen LogP contribution is 2.20. The first-order chi connectivity index (χ1) is 9.91. The third-order valence-corrected chi connectivity index (χ3v) is 3.38. The zero-order chi connectivity index (χ0) is 15.6. The second-order valence-corrected chi connectivity index (χ2v) is 4.71. The van der Waals surface area contributed by atoms with E-state index in [0.717, 1.165) is 0 Å². The van der Waals surface area contributed by atoms with Crippen molar-refractivity contribution in [2.24, 2.45) is 0 Å². The zero-order valence-electron chi connectivity index (χ0n) is 11.7. The number of benzene rings is 1. The number of para-hydroxylation sites is 1. The summed E-state index contributed by atoms with van der Waals surface area (Å²) in [5, 5.41) is 24.3. The summed E-state index contributed by atoms with van der Waals surface area (Å²) in [7, 11) is 0. The molecule has 110 valence electrons. The van der Waals surface area contributed by atoms with Crippen molar-refractivity contribution >= 4 is 11.7 Å². The van der Waals surface area contributed by atoms with E-state index in [1.807, 2.05) is 0 Å². The number of nitro groups is 1. The lowest BCUT2D eigenvalue weighted by molar-refractivity contribution is -0.385. The second kappa shape index (κ2) is 5.74. The van der Waals surface area contributed by atoms with Gasteiger partial charge in [-0.2, -0.15) is 5.10 Å². The zero-order valence-corrected chi connectivity index (χ0v) is 11.7. The number of nitro benzene ring substituents is 1. The maximum absolute atomic E-state index is 11.1. The topological polar surface area (TPSA) is 98.3 Å². The number of aromatic nitrogens is 2. The highest BCUT2D eigenvalue weighted by Gasteiger charge is 2.18. The van der Waals surface area contributed by atoms with E-state index >= 15 is 0 Å². The molecule has 0 bridgehead atoms. The van der Waals surface area contributed by atoms with Gasteiger partial charge in [0.05, 0.1) is 16.3 Å². The van der Waals surface area contributed by atoms with Crippen LogP contribution in [0.1, 0.15) is 27.3 Å². The molecular weight excluding hydrogens is 274 g/mol. The van der Waals surface area contributed by atoms with Crippen LogP contribution >= 0.6 is 0 Å². The molecule has 0 saturated heterocycles. The molecule has 0 aliphatic carbocycles. The first-order valence-electron chi connectivity index (χ1n) is 6.41. The molecular formula is C14H15N3O4. The molecule has 0 atom stereocenters. The minimum Gasteiger partial charge on any atom is -0.478 e. The van der Waals surface area contributed by atoms with Crippen LogP contribution in [0.15, 0.2) is 24.3 Å². The second-order valence-electron chi connectivity index (χ2n) is 4.71. The van der Waals surface area contributed by atoms with Crippen LogP contribution in [0.4, 0.5) is 5.69 Å². The quantitative estimate of drug-likeness (QED) is 0.673. The average molecular weight is 289 g/mol. The number of aromatic carboxylic acids is 1. The molecule has 0 aliphatic heterocycles. The number of aryl methyl sites for hydroxylation is 3. The molecule has 0 spiro atoms. The first kappa shape index (κ1) is 14.7. The predicted octanol–water partition coefficient (Wildman–Crippen LogP) is 2.35. The largest absolute Gasteiger partial charge is 0.478 e. The van der Waals surface area contributed by atoms with Crippen molar-refractivity contribution in [3.05, 3.63) is 56.9 Å². The summed E-state index contributed by atoms with van der Waals surface area (Å²) in [6.07, 6.45) is 0.415. The van der Waals surface area contributed by atoms with Gasteiger partial charge in [-0.1, -0.05) is 18.2 Å². The number of nitrogens with zero attached hydrogens (tertiary/aromatic N) is 3. The summed E-state index contributed by atoms with van der Waals surface area (Å²) >= 11 is 0.